The van der Waals surface area contributed by atoms with Crippen molar-refractivity contribution in [2.24, 2.45) is 11.3 Å². The molecule has 1 N–H and O–H groups in total. The fraction of sp³-hybridized carbons (Fsp3) is 0.593. The number of aryl methyl sites for hydroxylation is 1. The molecular weight excluding hydrogens is 512 g/mol. The van der Waals surface area contributed by atoms with Gasteiger partial charge in [0.25, 0.3) is 5.89 Å². The Hall–Kier alpha value is -3.14. The number of hydrogen-bond acceptors (Lipinski definition) is 7. The van der Waals surface area contributed by atoms with Crippen LogP contribution < -0.4 is 4.74 Å². The van der Waals surface area contributed by atoms with E-state index in [9.17, 15) is 19.5 Å². The van der Waals surface area contributed by atoms with Gasteiger partial charge in [-0.15, -0.1) is 0 Å². The molecule has 0 bridgehead atoms. The highest BCUT2D eigenvalue weighted by atomic mass is 35.5. The van der Waals surface area contributed by atoms with E-state index in [2.05, 4.69) is 10.1 Å². The topological polar surface area (TPSA) is 126 Å². The van der Waals surface area contributed by atoms with E-state index in [-0.39, 0.29) is 18.4 Å². The molecule has 1 aliphatic carbocycles. The van der Waals surface area contributed by atoms with E-state index in [1.54, 1.807) is 35.8 Å². The van der Waals surface area contributed by atoms with Crippen LogP contribution >= 0.6 is 11.6 Å². The minimum atomic E-state index is -1.13. The molecule has 2 amide bonds. The lowest BCUT2D eigenvalue weighted by atomic mass is 9.66. The summed E-state index contributed by atoms with van der Waals surface area (Å²) in [5.41, 5.74) is 0.490. The maximum atomic E-state index is 14.2. The summed E-state index contributed by atoms with van der Waals surface area (Å²) in [6, 6.07) is 3.01. The molecule has 204 valence electrons. The van der Waals surface area contributed by atoms with Crippen LogP contribution in [-0.2, 0) is 27.4 Å². The van der Waals surface area contributed by atoms with Crippen molar-refractivity contribution >= 4 is 29.4 Å². The molecule has 0 spiro atoms. The number of rotatable bonds is 7. The molecule has 11 heteroatoms. The number of nitrogens with zero attached hydrogens (tertiary/aromatic N) is 4. The average molecular weight is 545 g/mol. The third kappa shape index (κ3) is 4.86. The lowest BCUT2D eigenvalue weighted by molar-refractivity contribution is -0.162. The summed E-state index contributed by atoms with van der Waals surface area (Å²) in [4.78, 5) is 46.9. The zero-order valence-corrected chi connectivity index (χ0v) is 22.5. The normalized spacial score (nSPS) is 25.4. The third-order valence-electron chi connectivity index (χ3n) is 8.34. The number of aliphatic carboxylic acids is 1. The number of benzene rings is 1. The number of likely N-dealkylation sites (tertiary alicyclic amines) is 1. The number of ether oxygens (including phenoxy) is 1. The Labute approximate surface area is 226 Å². The summed E-state index contributed by atoms with van der Waals surface area (Å²) in [7, 11) is 0. The first-order valence-corrected chi connectivity index (χ1v) is 13.6. The smallest absolute Gasteiger partial charge is 0.310 e. The number of carboxylic acid groups (broad SMARTS) is 1. The summed E-state index contributed by atoms with van der Waals surface area (Å²) in [5, 5.41) is 14.5. The monoisotopic (exact) mass is 544 g/mol. The van der Waals surface area contributed by atoms with Gasteiger partial charge in [-0.3, -0.25) is 14.4 Å². The predicted molar refractivity (Wildman–Crippen MR) is 136 cm³/mol. The summed E-state index contributed by atoms with van der Waals surface area (Å²) in [6.07, 6.45) is 4.31. The molecular formula is C27H33ClN4O6. The minimum absolute atomic E-state index is 0.0396. The second-order valence-electron chi connectivity index (χ2n) is 10.7. The van der Waals surface area contributed by atoms with Gasteiger partial charge in [0, 0.05) is 36.6 Å². The van der Waals surface area contributed by atoms with E-state index in [1.807, 2.05) is 0 Å². The number of carboxylic acids is 1. The van der Waals surface area contributed by atoms with Crippen molar-refractivity contribution in [1.29, 1.82) is 0 Å². The van der Waals surface area contributed by atoms with Crippen LogP contribution in [-0.4, -0.2) is 62.5 Å². The van der Waals surface area contributed by atoms with E-state index in [4.69, 9.17) is 20.9 Å². The van der Waals surface area contributed by atoms with Crippen molar-refractivity contribution in [3.05, 3.63) is 40.0 Å². The number of halogens is 1. The van der Waals surface area contributed by atoms with Gasteiger partial charge in [-0.1, -0.05) is 29.6 Å². The first-order chi connectivity index (χ1) is 18.2. The van der Waals surface area contributed by atoms with Crippen molar-refractivity contribution in [3.63, 3.8) is 0 Å². The zero-order chi connectivity index (χ0) is 27.0. The highest BCUT2D eigenvalue weighted by Gasteiger charge is 2.50. The Morgan fingerprint density at radius 2 is 2.05 bits per heavy atom. The lowest BCUT2D eigenvalue weighted by Crippen LogP contribution is -2.52. The van der Waals surface area contributed by atoms with Crippen LogP contribution in [0.15, 0.2) is 16.7 Å². The van der Waals surface area contributed by atoms with Crippen molar-refractivity contribution in [2.45, 2.75) is 71.4 Å². The van der Waals surface area contributed by atoms with Gasteiger partial charge in [0.05, 0.1) is 17.4 Å². The van der Waals surface area contributed by atoms with Gasteiger partial charge in [0.2, 0.25) is 11.8 Å². The van der Waals surface area contributed by atoms with E-state index in [0.717, 1.165) is 30.4 Å². The van der Waals surface area contributed by atoms with Crippen molar-refractivity contribution in [1.82, 2.24) is 19.9 Å². The van der Waals surface area contributed by atoms with Crippen LogP contribution in [0, 0.1) is 18.3 Å². The molecule has 2 fully saturated rings. The third-order valence-corrected chi connectivity index (χ3v) is 8.69. The quantitative estimate of drug-likeness (QED) is 0.555. The molecule has 2 unspecified atom stereocenters. The van der Waals surface area contributed by atoms with E-state index < -0.39 is 23.3 Å². The Morgan fingerprint density at radius 3 is 2.74 bits per heavy atom. The number of carbonyl (C=O) groups is 3. The molecule has 3 heterocycles. The molecule has 3 atom stereocenters. The number of aromatic nitrogens is 2. The Bertz CT molecular complexity index is 1250. The van der Waals surface area contributed by atoms with Gasteiger partial charge < -0.3 is 24.2 Å². The van der Waals surface area contributed by atoms with Gasteiger partial charge >= 0.3 is 5.97 Å². The van der Waals surface area contributed by atoms with Crippen molar-refractivity contribution in [3.8, 4) is 5.75 Å². The van der Waals surface area contributed by atoms with Crippen molar-refractivity contribution in [2.75, 3.05) is 19.6 Å². The fourth-order valence-corrected chi connectivity index (χ4v) is 6.45. The van der Waals surface area contributed by atoms with Crippen LogP contribution in [0.3, 0.4) is 0 Å². The Balaban J connectivity index is 1.53. The number of amides is 2. The van der Waals surface area contributed by atoms with Crippen LogP contribution in [0.1, 0.15) is 74.3 Å². The molecule has 1 saturated carbocycles. The minimum Gasteiger partial charge on any atom is -0.483 e. The van der Waals surface area contributed by atoms with Gasteiger partial charge in [0.1, 0.15) is 5.75 Å². The number of carbonyl (C=O) groups excluding carboxylic acids is 2. The van der Waals surface area contributed by atoms with E-state index in [1.165, 1.54) is 0 Å². The van der Waals surface area contributed by atoms with Crippen LogP contribution in [0.4, 0.5) is 0 Å². The number of fused-ring (bicyclic) bond motifs is 1. The largest absolute Gasteiger partial charge is 0.483 e. The first kappa shape index (κ1) is 26.5. The summed E-state index contributed by atoms with van der Waals surface area (Å²) >= 11 is 6.65. The standard InChI is InChI=1S/C27H33ClN4O6/c1-16-29-22(38-30-16)15-37-21-9-8-19(28)17-10-13-32(20(24(17)21)14-31-12-5-7-23(31)33)25(34)18-6-3-4-11-27(18,2)26(35)36/h8-9,18,20H,3-7,10-15H2,1-2H3,(H,35,36)/t18?,20-,27?/m1/s1. The molecule has 38 heavy (non-hydrogen) atoms. The Morgan fingerprint density at radius 1 is 1.24 bits per heavy atom. The molecule has 2 aromatic rings. The molecule has 1 aromatic heterocycles. The summed E-state index contributed by atoms with van der Waals surface area (Å²) in [5.74, 6) is -0.380. The highest BCUT2D eigenvalue weighted by molar-refractivity contribution is 6.31. The van der Waals surface area contributed by atoms with Gasteiger partial charge in [-0.05, 0) is 57.2 Å². The molecule has 3 aliphatic rings. The Kier molecular flexibility index (Phi) is 7.35. The van der Waals surface area contributed by atoms with Crippen LogP contribution in [0.2, 0.25) is 5.02 Å². The second kappa shape index (κ2) is 10.6. The fourth-order valence-electron chi connectivity index (χ4n) is 6.19. The molecule has 5 rings (SSSR count). The SMILES string of the molecule is Cc1noc(COc2ccc(Cl)c3c2[C@@H](CN2CCCC2=O)N(C(=O)C2CCCCC2(C)C(=O)O)CC3)n1. The van der Waals surface area contributed by atoms with Gasteiger partial charge in [-0.25, -0.2) is 0 Å². The molecule has 1 aromatic carbocycles. The molecule has 0 radical (unpaired) electrons. The first-order valence-electron chi connectivity index (χ1n) is 13.2. The highest BCUT2D eigenvalue weighted by Crippen LogP contribution is 2.46. The van der Waals surface area contributed by atoms with Gasteiger partial charge in [-0.2, -0.15) is 4.98 Å². The van der Waals surface area contributed by atoms with Crippen molar-refractivity contribution < 1.29 is 28.8 Å². The van der Waals surface area contributed by atoms with Gasteiger partial charge in [0.15, 0.2) is 12.4 Å². The number of hydrogen-bond donors (Lipinski definition) is 1. The predicted octanol–water partition coefficient (Wildman–Crippen LogP) is 3.94. The average Bonchev–Trinajstić information content (AvgIpc) is 3.50. The zero-order valence-electron chi connectivity index (χ0n) is 21.7. The molecule has 1 saturated heterocycles. The summed E-state index contributed by atoms with van der Waals surface area (Å²) in [6.45, 7) is 4.74. The van der Waals surface area contributed by atoms with Crippen LogP contribution in [0.25, 0.3) is 0 Å². The lowest BCUT2D eigenvalue weighted by Gasteiger charge is -2.45. The second-order valence-corrected chi connectivity index (χ2v) is 11.1. The molecule has 2 aliphatic heterocycles. The van der Waals surface area contributed by atoms with E-state index >= 15 is 0 Å². The van der Waals surface area contributed by atoms with Crippen LogP contribution in [0.5, 0.6) is 5.75 Å². The summed E-state index contributed by atoms with van der Waals surface area (Å²) < 4.78 is 11.3. The maximum Gasteiger partial charge on any atom is 0.310 e. The maximum absolute atomic E-state index is 14.2. The van der Waals surface area contributed by atoms with E-state index in [0.29, 0.717) is 67.8 Å². The molecule has 10 nitrogen and oxygen atoms in total.